The molecule has 9 heteroatoms. The van der Waals surface area contributed by atoms with E-state index in [-0.39, 0.29) is 18.6 Å². The summed E-state index contributed by atoms with van der Waals surface area (Å²) >= 11 is 1.52. The van der Waals surface area contributed by atoms with E-state index < -0.39 is 0 Å². The van der Waals surface area contributed by atoms with Gasteiger partial charge < -0.3 is 25.0 Å². The quantitative estimate of drug-likeness (QED) is 0.509. The second-order valence-corrected chi connectivity index (χ2v) is 8.87. The number of anilines is 1. The summed E-state index contributed by atoms with van der Waals surface area (Å²) in [7, 11) is 0. The van der Waals surface area contributed by atoms with Crippen molar-refractivity contribution in [2.75, 3.05) is 31.7 Å². The van der Waals surface area contributed by atoms with Crippen molar-refractivity contribution in [3.8, 4) is 11.5 Å². The molecule has 1 saturated heterocycles. The number of rotatable bonds is 8. The largest absolute Gasteiger partial charge is 0.454 e. The fraction of sp³-hybridized carbons (Fsp3) is 0.348. The molecular formula is C23H24N4O4S. The third-order valence-electron chi connectivity index (χ3n) is 5.59. The fourth-order valence-electron chi connectivity index (χ4n) is 3.88. The van der Waals surface area contributed by atoms with Crippen LogP contribution in [0.5, 0.6) is 11.5 Å². The molecule has 8 nitrogen and oxygen atoms in total. The Morgan fingerprint density at radius 2 is 2.06 bits per heavy atom. The Labute approximate surface area is 189 Å². The maximum Gasteiger partial charge on any atom is 0.251 e. The lowest BCUT2D eigenvalue weighted by molar-refractivity contribution is -0.127. The van der Waals surface area contributed by atoms with Crippen LogP contribution in [0, 0.1) is 0 Å². The van der Waals surface area contributed by atoms with Crippen LogP contribution in [0.1, 0.15) is 35.2 Å². The van der Waals surface area contributed by atoms with Crippen LogP contribution in [0.2, 0.25) is 0 Å². The van der Waals surface area contributed by atoms with Crippen LogP contribution in [0.4, 0.5) is 5.13 Å². The van der Waals surface area contributed by atoms with E-state index in [0.29, 0.717) is 31.6 Å². The zero-order valence-electron chi connectivity index (χ0n) is 17.6. The van der Waals surface area contributed by atoms with Crippen LogP contribution in [-0.2, 0) is 11.3 Å². The molecule has 0 atom stereocenters. The van der Waals surface area contributed by atoms with E-state index in [1.165, 1.54) is 11.3 Å². The summed E-state index contributed by atoms with van der Waals surface area (Å²) < 4.78 is 11.7. The molecule has 3 heterocycles. The van der Waals surface area contributed by atoms with Gasteiger partial charge in [-0.05, 0) is 48.7 Å². The molecule has 2 aromatic carbocycles. The van der Waals surface area contributed by atoms with Gasteiger partial charge in [-0.1, -0.05) is 17.4 Å². The molecule has 0 spiro atoms. The molecule has 0 bridgehead atoms. The molecule has 2 aliphatic rings. The van der Waals surface area contributed by atoms with Crippen LogP contribution in [-0.4, -0.2) is 48.1 Å². The Balaban J connectivity index is 1.15. The summed E-state index contributed by atoms with van der Waals surface area (Å²) in [5.41, 5.74) is 2.54. The number of ether oxygens (including phenoxy) is 2. The molecule has 0 aliphatic carbocycles. The van der Waals surface area contributed by atoms with Gasteiger partial charge in [0.05, 0.1) is 10.2 Å². The molecule has 2 aliphatic heterocycles. The Morgan fingerprint density at radius 1 is 1.16 bits per heavy atom. The first-order valence-corrected chi connectivity index (χ1v) is 11.6. The first-order valence-electron chi connectivity index (χ1n) is 10.7. The van der Waals surface area contributed by atoms with Gasteiger partial charge in [-0.2, -0.15) is 0 Å². The van der Waals surface area contributed by atoms with Gasteiger partial charge in [0, 0.05) is 38.2 Å². The monoisotopic (exact) mass is 452 g/mol. The van der Waals surface area contributed by atoms with E-state index in [2.05, 4.69) is 15.6 Å². The van der Waals surface area contributed by atoms with Gasteiger partial charge in [-0.3, -0.25) is 9.59 Å². The number of aromatic nitrogens is 1. The average molecular weight is 453 g/mol. The van der Waals surface area contributed by atoms with Gasteiger partial charge in [-0.25, -0.2) is 4.98 Å². The summed E-state index contributed by atoms with van der Waals surface area (Å²) in [5, 5.41) is 7.08. The predicted octanol–water partition coefficient (Wildman–Crippen LogP) is 3.38. The lowest BCUT2D eigenvalue weighted by atomic mass is 10.2. The minimum Gasteiger partial charge on any atom is -0.454 e. The number of thiazole rings is 1. The van der Waals surface area contributed by atoms with Crippen molar-refractivity contribution in [3.63, 3.8) is 0 Å². The molecule has 2 amide bonds. The molecule has 0 unspecified atom stereocenters. The van der Waals surface area contributed by atoms with E-state index in [4.69, 9.17) is 9.47 Å². The molecule has 2 N–H and O–H groups in total. The lowest BCUT2D eigenvalue weighted by Gasteiger charge is -2.15. The minimum atomic E-state index is -0.108. The Hall–Kier alpha value is -3.33. The standard InChI is InChI=1S/C23H24N4O4S/c28-21-3-1-9-27(21)10-2-8-24-22(29)16-5-6-17-20(12-16)32-23(26-17)25-13-15-4-7-18-19(11-15)31-14-30-18/h4-7,11-12H,1-3,8-10,13-14H2,(H,24,29)(H,25,26). The maximum absolute atomic E-state index is 12.5. The summed E-state index contributed by atoms with van der Waals surface area (Å²) in [6.45, 7) is 2.96. The molecule has 0 saturated carbocycles. The topological polar surface area (TPSA) is 92.8 Å². The zero-order chi connectivity index (χ0) is 21.9. The summed E-state index contributed by atoms with van der Waals surface area (Å²) in [6, 6.07) is 11.4. The molecule has 0 radical (unpaired) electrons. The number of benzene rings is 2. The second-order valence-electron chi connectivity index (χ2n) is 7.84. The SMILES string of the molecule is O=C(NCCCN1CCCC1=O)c1ccc2nc(NCc3ccc4c(c3)OCO4)sc2c1. The molecule has 5 rings (SSSR count). The van der Waals surface area contributed by atoms with Gasteiger partial charge in [0.25, 0.3) is 5.91 Å². The number of carbonyl (C=O) groups excluding carboxylic acids is 2. The van der Waals surface area contributed by atoms with Crippen molar-refractivity contribution >= 4 is 38.5 Å². The number of nitrogens with zero attached hydrogens (tertiary/aromatic N) is 2. The highest BCUT2D eigenvalue weighted by atomic mass is 32.1. The van der Waals surface area contributed by atoms with Crippen molar-refractivity contribution in [2.24, 2.45) is 0 Å². The van der Waals surface area contributed by atoms with Gasteiger partial charge in [0.1, 0.15) is 0 Å². The number of hydrogen-bond donors (Lipinski definition) is 2. The number of nitrogens with one attached hydrogen (secondary N) is 2. The van der Waals surface area contributed by atoms with E-state index >= 15 is 0 Å². The normalized spacial score (nSPS) is 14.9. The molecule has 3 aromatic rings. The van der Waals surface area contributed by atoms with Crippen LogP contribution >= 0.6 is 11.3 Å². The van der Waals surface area contributed by atoms with Gasteiger partial charge in [0.2, 0.25) is 12.7 Å². The summed E-state index contributed by atoms with van der Waals surface area (Å²) in [4.78, 5) is 30.6. The number of hydrogen-bond acceptors (Lipinski definition) is 7. The maximum atomic E-state index is 12.5. The van der Waals surface area contributed by atoms with Gasteiger partial charge in [-0.15, -0.1) is 0 Å². The Bertz CT molecular complexity index is 1160. The number of likely N-dealkylation sites (tertiary alicyclic amines) is 1. The van der Waals surface area contributed by atoms with Crippen molar-refractivity contribution in [2.45, 2.75) is 25.8 Å². The van der Waals surface area contributed by atoms with E-state index in [0.717, 1.165) is 51.8 Å². The smallest absolute Gasteiger partial charge is 0.251 e. The highest BCUT2D eigenvalue weighted by Crippen LogP contribution is 2.33. The molecule has 1 aromatic heterocycles. The first-order chi connectivity index (χ1) is 15.7. The van der Waals surface area contributed by atoms with Crippen LogP contribution in [0.15, 0.2) is 36.4 Å². The first kappa shape index (κ1) is 20.6. The van der Waals surface area contributed by atoms with E-state index in [9.17, 15) is 9.59 Å². The van der Waals surface area contributed by atoms with Gasteiger partial charge in [0.15, 0.2) is 16.6 Å². The third kappa shape index (κ3) is 4.47. The van der Waals surface area contributed by atoms with Crippen LogP contribution in [0.3, 0.4) is 0 Å². The number of carbonyl (C=O) groups is 2. The summed E-state index contributed by atoms with van der Waals surface area (Å²) in [6.07, 6.45) is 2.34. The summed E-state index contributed by atoms with van der Waals surface area (Å²) in [5.74, 6) is 1.64. The van der Waals surface area contributed by atoms with Gasteiger partial charge >= 0.3 is 0 Å². The average Bonchev–Trinajstić information content (AvgIpc) is 3.53. The number of amides is 2. The molecule has 166 valence electrons. The van der Waals surface area contributed by atoms with Crippen molar-refractivity contribution < 1.29 is 19.1 Å². The predicted molar refractivity (Wildman–Crippen MR) is 122 cm³/mol. The highest BCUT2D eigenvalue weighted by Gasteiger charge is 2.19. The second kappa shape index (κ2) is 9.04. The van der Waals surface area contributed by atoms with Crippen molar-refractivity contribution in [1.82, 2.24) is 15.2 Å². The van der Waals surface area contributed by atoms with E-state index in [1.54, 1.807) is 6.07 Å². The molecule has 1 fully saturated rings. The van der Waals surface area contributed by atoms with Crippen molar-refractivity contribution in [1.29, 1.82) is 0 Å². The Kier molecular flexibility index (Phi) is 5.81. The third-order valence-corrected chi connectivity index (χ3v) is 6.57. The fourth-order valence-corrected chi connectivity index (χ4v) is 4.79. The lowest BCUT2D eigenvalue weighted by Crippen LogP contribution is -2.30. The highest BCUT2D eigenvalue weighted by molar-refractivity contribution is 7.22. The molecule has 32 heavy (non-hydrogen) atoms. The van der Waals surface area contributed by atoms with E-state index in [1.807, 2.05) is 35.2 Å². The van der Waals surface area contributed by atoms with Crippen LogP contribution in [0.25, 0.3) is 10.2 Å². The zero-order valence-corrected chi connectivity index (χ0v) is 18.4. The van der Waals surface area contributed by atoms with Crippen molar-refractivity contribution in [3.05, 3.63) is 47.5 Å². The minimum absolute atomic E-state index is 0.108. The Morgan fingerprint density at radius 3 is 2.94 bits per heavy atom. The molecular weight excluding hydrogens is 428 g/mol. The number of fused-ring (bicyclic) bond motifs is 2. The van der Waals surface area contributed by atoms with Crippen LogP contribution < -0.4 is 20.1 Å².